The fourth-order valence-electron chi connectivity index (χ4n) is 1.44. The van der Waals surface area contributed by atoms with E-state index in [2.05, 4.69) is 4.72 Å². The van der Waals surface area contributed by atoms with Crippen LogP contribution in [0.15, 0.2) is 29.2 Å². The van der Waals surface area contributed by atoms with E-state index in [9.17, 15) is 13.5 Å². The van der Waals surface area contributed by atoms with Gasteiger partial charge in [0.1, 0.15) is 5.75 Å². The van der Waals surface area contributed by atoms with Gasteiger partial charge in [-0.25, -0.2) is 13.1 Å². The van der Waals surface area contributed by atoms with Crippen molar-refractivity contribution >= 4 is 10.0 Å². The summed E-state index contributed by atoms with van der Waals surface area (Å²) in [5, 5.41) is 9.85. The lowest BCUT2D eigenvalue weighted by atomic mass is 10.1. The van der Waals surface area contributed by atoms with Gasteiger partial charge < -0.3 is 9.84 Å². The summed E-state index contributed by atoms with van der Waals surface area (Å²) in [6.45, 7) is 8.05. The van der Waals surface area contributed by atoms with Crippen molar-refractivity contribution in [1.29, 1.82) is 0 Å². The van der Waals surface area contributed by atoms with Crippen LogP contribution < -0.4 is 9.46 Å². The van der Waals surface area contributed by atoms with Gasteiger partial charge in [0.15, 0.2) is 0 Å². The smallest absolute Gasteiger partial charge is 0.240 e. The summed E-state index contributed by atoms with van der Waals surface area (Å²) >= 11 is 0. The molecule has 0 heterocycles. The van der Waals surface area contributed by atoms with Gasteiger partial charge in [0, 0.05) is 6.54 Å². The molecule has 0 radical (unpaired) electrons. The molecule has 5 nitrogen and oxygen atoms in total. The highest BCUT2D eigenvalue weighted by Gasteiger charge is 2.22. The van der Waals surface area contributed by atoms with Crippen molar-refractivity contribution in [1.82, 2.24) is 4.72 Å². The Morgan fingerprint density at radius 1 is 1.29 bits per heavy atom. The molecule has 2 N–H and O–H groups in total. The number of aliphatic hydroxyl groups is 1. The third kappa shape index (κ3) is 6.03. The molecule has 0 saturated carbocycles. The Bertz CT molecular complexity index is 535. The molecule has 0 aromatic heterocycles. The average Bonchev–Trinajstić information content (AvgIpc) is 2.44. The molecular formula is C15H25NO4S. The van der Waals surface area contributed by atoms with Crippen molar-refractivity contribution in [3.63, 3.8) is 0 Å². The Kier molecular flexibility index (Phi) is 6.19. The van der Waals surface area contributed by atoms with Crippen LogP contribution >= 0.6 is 0 Å². The first-order valence-corrected chi connectivity index (χ1v) is 8.59. The molecule has 1 rings (SSSR count). The van der Waals surface area contributed by atoms with Crippen LogP contribution in [-0.4, -0.2) is 32.3 Å². The molecule has 0 spiro atoms. The van der Waals surface area contributed by atoms with E-state index in [1.165, 1.54) is 12.1 Å². The van der Waals surface area contributed by atoms with Gasteiger partial charge in [0.05, 0.1) is 17.1 Å². The van der Waals surface area contributed by atoms with Gasteiger partial charge in [0.2, 0.25) is 10.0 Å². The van der Waals surface area contributed by atoms with Gasteiger partial charge in [-0.15, -0.1) is 0 Å². The maximum atomic E-state index is 12.1. The van der Waals surface area contributed by atoms with Crippen molar-refractivity contribution in [3.8, 4) is 5.75 Å². The molecule has 0 amide bonds. The number of hydrogen-bond donors (Lipinski definition) is 2. The Hall–Kier alpha value is -1.11. The summed E-state index contributed by atoms with van der Waals surface area (Å²) in [5.41, 5.74) is -1.05. The van der Waals surface area contributed by atoms with Crippen molar-refractivity contribution in [2.75, 3.05) is 13.2 Å². The molecular weight excluding hydrogens is 290 g/mol. The van der Waals surface area contributed by atoms with E-state index < -0.39 is 15.6 Å². The van der Waals surface area contributed by atoms with E-state index in [4.69, 9.17) is 4.74 Å². The first kappa shape index (κ1) is 17.9. The van der Waals surface area contributed by atoms with E-state index >= 15 is 0 Å². The van der Waals surface area contributed by atoms with Gasteiger partial charge >= 0.3 is 0 Å². The minimum Gasteiger partial charge on any atom is -0.493 e. The van der Waals surface area contributed by atoms with Gasteiger partial charge in [-0.3, -0.25) is 0 Å². The number of nitrogens with one attached hydrogen (secondary N) is 1. The SMILES string of the molecule is CCC(C)(O)CNS(=O)(=O)c1ccc(OCC(C)C)cc1. The maximum Gasteiger partial charge on any atom is 0.240 e. The second-order valence-corrected chi connectivity index (χ2v) is 7.62. The van der Waals surface area contributed by atoms with Crippen LogP contribution in [-0.2, 0) is 10.0 Å². The molecule has 1 atom stereocenters. The first-order chi connectivity index (χ1) is 9.66. The number of sulfonamides is 1. The summed E-state index contributed by atoms with van der Waals surface area (Å²) in [6.07, 6.45) is 0.470. The van der Waals surface area contributed by atoms with Crippen LogP contribution in [0.2, 0.25) is 0 Å². The van der Waals surface area contributed by atoms with Gasteiger partial charge in [-0.05, 0) is 43.5 Å². The summed E-state index contributed by atoms with van der Waals surface area (Å²) in [7, 11) is -3.62. The minimum atomic E-state index is -3.62. The summed E-state index contributed by atoms with van der Waals surface area (Å²) in [6, 6.07) is 6.27. The number of rotatable bonds is 8. The van der Waals surface area contributed by atoms with Gasteiger partial charge in [-0.2, -0.15) is 0 Å². The monoisotopic (exact) mass is 315 g/mol. The Balaban J connectivity index is 2.71. The Morgan fingerprint density at radius 2 is 1.86 bits per heavy atom. The van der Waals surface area contributed by atoms with Crippen LogP contribution in [0.3, 0.4) is 0 Å². The van der Waals surface area contributed by atoms with Crippen LogP contribution in [0.1, 0.15) is 34.1 Å². The van der Waals surface area contributed by atoms with Gasteiger partial charge in [-0.1, -0.05) is 20.8 Å². The summed E-state index contributed by atoms with van der Waals surface area (Å²) < 4.78 is 32.1. The Morgan fingerprint density at radius 3 is 2.33 bits per heavy atom. The first-order valence-electron chi connectivity index (χ1n) is 7.11. The Labute approximate surface area is 127 Å². The molecule has 6 heteroatoms. The predicted molar refractivity (Wildman–Crippen MR) is 82.9 cm³/mol. The predicted octanol–water partition coefficient (Wildman–Crippen LogP) is 2.16. The lowest BCUT2D eigenvalue weighted by Gasteiger charge is -2.21. The van der Waals surface area contributed by atoms with E-state index in [0.717, 1.165) is 0 Å². The molecule has 0 aliphatic rings. The summed E-state index contributed by atoms with van der Waals surface area (Å²) in [4.78, 5) is 0.159. The highest BCUT2D eigenvalue weighted by atomic mass is 32.2. The third-order valence-electron chi connectivity index (χ3n) is 3.12. The largest absolute Gasteiger partial charge is 0.493 e. The molecule has 120 valence electrons. The lowest BCUT2D eigenvalue weighted by molar-refractivity contribution is 0.0613. The zero-order valence-electron chi connectivity index (χ0n) is 13.1. The lowest BCUT2D eigenvalue weighted by Crippen LogP contribution is -2.40. The molecule has 0 fully saturated rings. The second kappa shape index (κ2) is 7.24. The van der Waals surface area contributed by atoms with Crippen LogP contribution in [0.5, 0.6) is 5.75 Å². The molecule has 1 aromatic rings. The van der Waals surface area contributed by atoms with E-state index in [-0.39, 0.29) is 11.4 Å². The quantitative estimate of drug-likeness (QED) is 0.771. The van der Waals surface area contributed by atoms with Crippen LogP contribution in [0.4, 0.5) is 0 Å². The van der Waals surface area contributed by atoms with Crippen molar-refractivity contribution in [2.24, 2.45) is 5.92 Å². The van der Waals surface area contributed by atoms with E-state index in [1.54, 1.807) is 26.0 Å². The summed E-state index contributed by atoms with van der Waals surface area (Å²) in [5.74, 6) is 1.05. The second-order valence-electron chi connectivity index (χ2n) is 5.85. The average molecular weight is 315 g/mol. The molecule has 1 aromatic carbocycles. The van der Waals surface area contributed by atoms with Crippen molar-refractivity contribution < 1.29 is 18.3 Å². The van der Waals surface area contributed by atoms with E-state index in [1.807, 2.05) is 13.8 Å². The zero-order valence-corrected chi connectivity index (χ0v) is 13.9. The van der Waals surface area contributed by atoms with Crippen LogP contribution in [0.25, 0.3) is 0 Å². The molecule has 0 aliphatic heterocycles. The topological polar surface area (TPSA) is 75.6 Å². The maximum absolute atomic E-state index is 12.1. The number of ether oxygens (including phenoxy) is 1. The molecule has 1 unspecified atom stereocenters. The zero-order chi connectivity index (χ0) is 16.1. The van der Waals surface area contributed by atoms with Crippen molar-refractivity contribution in [2.45, 2.75) is 44.6 Å². The highest BCUT2D eigenvalue weighted by molar-refractivity contribution is 7.89. The molecule has 0 aliphatic carbocycles. The normalized spacial score (nSPS) is 15.0. The van der Waals surface area contributed by atoms with Gasteiger partial charge in [0.25, 0.3) is 0 Å². The minimum absolute atomic E-state index is 0.0164. The number of benzene rings is 1. The van der Waals surface area contributed by atoms with Crippen molar-refractivity contribution in [3.05, 3.63) is 24.3 Å². The molecule has 0 saturated heterocycles. The molecule has 0 bridgehead atoms. The standard InChI is InChI=1S/C15H25NO4S/c1-5-15(4,17)11-16-21(18,19)14-8-6-13(7-9-14)20-10-12(2)3/h6-9,12,16-17H,5,10-11H2,1-4H3. The van der Waals surface area contributed by atoms with E-state index in [0.29, 0.717) is 24.7 Å². The molecule has 21 heavy (non-hydrogen) atoms. The number of hydrogen-bond acceptors (Lipinski definition) is 4. The fourth-order valence-corrected chi connectivity index (χ4v) is 2.60. The third-order valence-corrected chi connectivity index (χ3v) is 4.54. The fraction of sp³-hybridized carbons (Fsp3) is 0.600. The highest BCUT2D eigenvalue weighted by Crippen LogP contribution is 2.17. The van der Waals surface area contributed by atoms with Crippen LogP contribution in [0, 0.1) is 5.92 Å².